The molecule has 0 spiro atoms. The lowest BCUT2D eigenvalue weighted by atomic mass is 10.1. The van der Waals surface area contributed by atoms with Crippen molar-refractivity contribution in [3.63, 3.8) is 0 Å². The molecule has 0 bridgehead atoms. The van der Waals surface area contributed by atoms with Crippen LogP contribution in [0.3, 0.4) is 0 Å². The molecule has 7 heteroatoms. The maximum atomic E-state index is 13.4. The molecular formula is C28H28FN3O3. The Hall–Kier alpha value is -3.87. The molecule has 1 aliphatic heterocycles. The molecular weight excluding hydrogens is 445 g/mol. The van der Waals surface area contributed by atoms with Gasteiger partial charge in [0.1, 0.15) is 23.1 Å². The highest BCUT2D eigenvalue weighted by Gasteiger charge is 2.34. The van der Waals surface area contributed by atoms with Gasteiger partial charge in [0.25, 0.3) is 0 Å². The van der Waals surface area contributed by atoms with Crippen molar-refractivity contribution >= 4 is 22.6 Å². The zero-order valence-electron chi connectivity index (χ0n) is 19.7. The Bertz CT molecular complexity index is 1300. The number of carbonyl (C=O) groups is 1. The Morgan fingerprint density at radius 3 is 2.49 bits per heavy atom. The van der Waals surface area contributed by atoms with E-state index in [0.717, 1.165) is 53.4 Å². The second-order valence-corrected chi connectivity index (χ2v) is 8.72. The molecule has 0 saturated carbocycles. The number of fused-ring (bicyclic) bond motifs is 1. The summed E-state index contributed by atoms with van der Waals surface area (Å²) in [6.07, 6.45) is 2.20. The van der Waals surface area contributed by atoms with E-state index in [1.54, 1.807) is 24.1 Å². The van der Waals surface area contributed by atoms with E-state index in [1.807, 2.05) is 42.5 Å². The van der Waals surface area contributed by atoms with E-state index in [9.17, 15) is 9.18 Å². The highest BCUT2D eigenvalue weighted by molar-refractivity contribution is 5.96. The highest BCUT2D eigenvalue weighted by atomic mass is 19.1. The molecule has 35 heavy (non-hydrogen) atoms. The number of methoxy groups -OCH3 is 1. The quantitative estimate of drug-likeness (QED) is 0.299. The van der Waals surface area contributed by atoms with Crippen molar-refractivity contribution in [1.82, 2.24) is 9.55 Å². The van der Waals surface area contributed by atoms with Gasteiger partial charge in [0.05, 0.1) is 24.8 Å². The van der Waals surface area contributed by atoms with E-state index in [4.69, 9.17) is 14.5 Å². The van der Waals surface area contributed by atoms with Gasteiger partial charge < -0.3 is 18.9 Å². The van der Waals surface area contributed by atoms with Crippen molar-refractivity contribution in [3.05, 3.63) is 84.4 Å². The van der Waals surface area contributed by atoms with E-state index in [0.29, 0.717) is 19.6 Å². The number of imidazole rings is 1. The van der Waals surface area contributed by atoms with Gasteiger partial charge in [-0.05, 0) is 73.5 Å². The van der Waals surface area contributed by atoms with Gasteiger partial charge >= 0.3 is 0 Å². The van der Waals surface area contributed by atoms with Crippen molar-refractivity contribution in [1.29, 1.82) is 0 Å². The first-order chi connectivity index (χ1) is 17.1. The summed E-state index contributed by atoms with van der Waals surface area (Å²) in [6, 6.07) is 21.8. The van der Waals surface area contributed by atoms with Crippen molar-refractivity contribution in [2.24, 2.45) is 0 Å². The van der Waals surface area contributed by atoms with Crippen LogP contribution in [0.25, 0.3) is 11.0 Å². The summed E-state index contributed by atoms with van der Waals surface area (Å²) < 4.78 is 26.6. The van der Waals surface area contributed by atoms with Gasteiger partial charge in [-0.3, -0.25) is 4.79 Å². The molecule has 1 fully saturated rings. The predicted octanol–water partition coefficient (Wildman–Crippen LogP) is 5.56. The molecule has 0 aliphatic carbocycles. The fraction of sp³-hybridized carbons (Fsp3) is 0.286. The molecule has 3 aromatic carbocycles. The molecule has 0 N–H and O–H groups in total. The molecule has 1 unspecified atom stereocenters. The van der Waals surface area contributed by atoms with Crippen LogP contribution in [0.15, 0.2) is 72.8 Å². The predicted molar refractivity (Wildman–Crippen MR) is 134 cm³/mol. The summed E-state index contributed by atoms with van der Waals surface area (Å²) in [5.41, 5.74) is 2.73. The third-order valence-electron chi connectivity index (χ3n) is 6.42. The van der Waals surface area contributed by atoms with Crippen LogP contribution >= 0.6 is 0 Å². The Labute approximate surface area is 203 Å². The minimum atomic E-state index is -0.310. The largest absolute Gasteiger partial charge is 0.497 e. The first-order valence-corrected chi connectivity index (χ1v) is 11.9. The number of halogens is 1. The summed E-state index contributed by atoms with van der Waals surface area (Å²) in [5.74, 6) is 2.27. The lowest BCUT2D eigenvalue weighted by molar-refractivity contribution is -0.117. The van der Waals surface area contributed by atoms with Crippen LogP contribution in [0.4, 0.5) is 10.1 Å². The summed E-state index contributed by atoms with van der Waals surface area (Å²) in [4.78, 5) is 19.5. The summed E-state index contributed by atoms with van der Waals surface area (Å²) in [5, 5.41) is 0. The normalized spacial score (nSPS) is 15.7. The lowest BCUT2D eigenvalue weighted by Gasteiger charge is -2.17. The molecule has 1 saturated heterocycles. The zero-order valence-corrected chi connectivity index (χ0v) is 19.7. The van der Waals surface area contributed by atoms with Crippen molar-refractivity contribution in [2.75, 3.05) is 25.2 Å². The Morgan fingerprint density at radius 2 is 1.71 bits per heavy atom. The van der Waals surface area contributed by atoms with Gasteiger partial charge in [0.15, 0.2) is 0 Å². The van der Waals surface area contributed by atoms with Crippen LogP contribution < -0.4 is 14.4 Å². The standard InChI is InChI=1S/C28H28FN3O3/c1-34-23-12-14-24(15-13-23)35-17-5-4-16-31-26-7-3-2-6-25(26)30-28(31)20-18-27(33)32(19-20)22-10-8-21(29)9-11-22/h2-3,6-15,20H,4-5,16-19H2,1H3. The Kier molecular flexibility index (Phi) is 6.66. The lowest BCUT2D eigenvalue weighted by Crippen LogP contribution is -2.24. The number of para-hydroxylation sites is 2. The van der Waals surface area contributed by atoms with Gasteiger partial charge in [-0.2, -0.15) is 0 Å². The van der Waals surface area contributed by atoms with E-state index in [-0.39, 0.29) is 17.6 Å². The van der Waals surface area contributed by atoms with Crippen LogP contribution in [-0.4, -0.2) is 35.7 Å². The fourth-order valence-corrected chi connectivity index (χ4v) is 4.63. The van der Waals surface area contributed by atoms with Crippen LogP contribution in [0.1, 0.15) is 31.0 Å². The third kappa shape index (κ3) is 4.99. The number of amides is 1. The molecule has 1 aromatic heterocycles. The molecule has 4 aromatic rings. The Balaban J connectivity index is 1.26. The minimum Gasteiger partial charge on any atom is -0.497 e. The number of anilines is 1. The number of rotatable bonds is 9. The monoisotopic (exact) mass is 473 g/mol. The first-order valence-electron chi connectivity index (χ1n) is 11.9. The second kappa shape index (κ2) is 10.2. The van der Waals surface area contributed by atoms with Gasteiger partial charge in [-0.25, -0.2) is 9.37 Å². The Morgan fingerprint density at radius 1 is 0.971 bits per heavy atom. The zero-order chi connectivity index (χ0) is 24.2. The van der Waals surface area contributed by atoms with Gasteiger partial charge in [-0.1, -0.05) is 12.1 Å². The number of hydrogen-bond acceptors (Lipinski definition) is 4. The first kappa shape index (κ1) is 22.9. The molecule has 6 nitrogen and oxygen atoms in total. The fourth-order valence-electron chi connectivity index (χ4n) is 4.63. The maximum Gasteiger partial charge on any atom is 0.227 e. The van der Waals surface area contributed by atoms with Crippen LogP contribution in [0, 0.1) is 5.82 Å². The van der Waals surface area contributed by atoms with Crippen LogP contribution in [-0.2, 0) is 11.3 Å². The number of nitrogens with zero attached hydrogens (tertiary/aromatic N) is 3. The second-order valence-electron chi connectivity index (χ2n) is 8.72. The van der Waals surface area contributed by atoms with E-state index >= 15 is 0 Å². The molecule has 180 valence electrons. The van der Waals surface area contributed by atoms with Gasteiger partial charge in [0, 0.05) is 31.1 Å². The number of benzene rings is 3. The number of carbonyl (C=O) groups excluding carboxylic acids is 1. The maximum absolute atomic E-state index is 13.4. The SMILES string of the molecule is COc1ccc(OCCCCn2c(C3CC(=O)N(c4ccc(F)cc4)C3)nc3ccccc32)cc1. The number of aromatic nitrogens is 2. The van der Waals surface area contributed by atoms with Crippen molar-refractivity contribution < 1.29 is 18.7 Å². The average molecular weight is 474 g/mol. The molecule has 1 aliphatic rings. The summed E-state index contributed by atoms with van der Waals surface area (Å²) in [7, 11) is 1.64. The summed E-state index contributed by atoms with van der Waals surface area (Å²) >= 11 is 0. The topological polar surface area (TPSA) is 56.6 Å². The number of aryl methyl sites for hydroxylation is 1. The molecule has 2 heterocycles. The van der Waals surface area contributed by atoms with E-state index < -0.39 is 0 Å². The number of ether oxygens (including phenoxy) is 2. The van der Waals surface area contributed by atoms with E-state index in [1.165, 1.54) is 12.1 Å². The molecule has 1 atom stereocenters. The summed E-state index contributed by atoms with van der Waals surface area (Å²) in [6.45, 7) is 1.95. The number of unbranched alkanes of at least 4 members (excludes halogenated alkanes) is 1. The average Bonchev–Trinajstić information content (AvgIpc) is 3.45. The van der Waals surface area contributed by atoms with Gasteiger partial charge in [-0.15, -0.1) is 0 Å². The van der Waals surface area contributed by atoms with Crippen LogP contribution in [0.2, 0.25) is 0 Å². The number of hydrogen-bond donors (Lipinski definition) is 0. The van der Waals surface area contributed by atoms with Crippen molar-refractivity contribution in [2.45, 2.75) is 31.7 Å². The van der Waals surface area contributed by atoms with Crippen molar-refractivity contribution in [3.8, 4) is 11.5 Å². The minimum absolute atomic E-state index is 0.0181. The smallest absolute Gasteiger partial charge is 0.227 e. The third-order valence-corrected chi connectivity index (χ3v) is 6.42. The molecule has 0 radical (unpaired) electrons. The van der Waals surface area contributed by atoms with E-state index in [2.05, 4.69) is 10.6 Å². The van der Waals surface area contributed by atoms with Crippen LogP contribution in [0.5, 0.6) is 11.5 Å². The van der Waals surface area contributed by atoms with Gasteiger partial charge in [0.2, 0.25) is 5.91 Å². The highest BCUT2D eigenvalue weighted by Crippen LogP contribution is 2.33. The molecule has 1 amide bonds. The molecule has 5 rings (SSSR count).